The van der Waals surface area contributed by atoms with E-state index in [4.69, 9.17) is 0 Å². The van der Waals surface area contributed by atoms with Gasteiger partial charge in [0, 0.05) is 19.2 Å². The van der Waals surface area contributed by atoms with Gasteiger partial charge in [-0.15, -0.1) is 0 Å². The predicted molar refractivity (Wildman–Crippen MR) is 88.3 cm³/mol. The summed E-state index contributed by atoms with van der Waals surface area (Å²) in [5.74, 6) is -0.475. The SMILES string of the molecule is O=C(c1ccc(=O)[nH]n1)N1CCC(c2ccccc2)S(=O)(=O)CC1. The molecule has 0 spiro atoms. The van der Waals surface area contributed by atoms with Gasteiger partial charge in [-0.3, -0.25) is 9.59 Å². The van der Waals surface area contributed by atoms with Crippen molar-refractivity contribution in [1.82, 2.24) is 15.1 Å². The molecule has 1 saturated heterocycles. The molecule has 0 radical (unpaired) electrons. The Kier molecular flexibility index (Phi) is 4.48. The van der Waals surface area contributed by atoms with Gasteiger partial charge in [0.15, 0.2) is 9.84 Å². The van der Waals surface area contributed by atoms with Crippen molar-refractivity contribution in [3.05, 3.63) is 64.1 Å². The van der Waals surface area contributed by atoms with Crippen LogP contribution < -0.4 is 5.56 Å². The highest BCUT2D eigenvalue weighted by molar-refractivity contribution is 7.91. The fourth-order valence-electron chi connectivity index (χ4n) is 2.81. The number of nitrogens with zero attached hydrogens (tertiary/aromatic N) is 2. The molecule has 1 aliphatic rings. The molecule has 1 N–H and O–H groups in total. The van der Waals surface area contributed by atoms with Crippen molar-refractivity contribution in [2.75, 3.05) is 18.8 Å². The van der Waals surface area contributed by atoms with Gasteiger partial charge in [-0.25, -0.2) is 13.5 Å². The molecule has 1 atom stereocenters. The first-order valence-corrected chi connectivity index (χ1v) is 9.30. The summed E-state index contributed by atoms with van der Waals surface area (Å²) in [5.41, 5.74) is 0.452. The highest BCUT2D eigenvalue weighted by Gasteiger charge is 2.33. The van der Waals surface area contributed by atoms with E-state index in [2.05, 4.69) is 10.2 Å². The molecule has 0 aliphatic carbocycles. The van der Waals surface area contributed by atoms with E-state index in [1.54, 1.807) is 12.1 Å². The van der Waals surface area contributed by atoms with Crippen LogP contribution in [-0.2, 0) is 9.84 Å². The van der Waals surface area contributed by atoms with Crippen LogP contribution in [0, 0.1) is 0 Å². The topological polar surface area (TPSA) is 100 Å². The minimum absolute atomic E-state index is 0.0956. The van der Waals surface area contributed by atoms with E-state index in [-0.39, 0.29) is 23.9 Å². The number of H-pyrrole nitrogens is 1. The minimum atomic E-state index is -3.34. The molecule has 1 amide bonds. The van der Waals surface area contributed by atoms with E-state index in [1.807, 2.05) is 18.2 Å². The lowest BCUT2D eigenvalue weighted by Gasteiger charge is -2.19. The Bertz CT molecular complexity index is 873. The van der Waals surface area contributed by atoms with Crippen LogP contribution in [0.2, 0.25) is 0 Å². The largest absolute Gasteiger partial charge is 0.336 e. The number of aromatic nitrogens is 2. The summed E-state index contributed by atoms with van der Waals surface area (Å²) in [7, 11) is -3.34. The number of nitrogens with one attached hydrogen (secondary N) is 1. The Hall–Kier alpha value is -2.48. The first-order chi connectivity index (χ1) is 11.5. The van der Waals surface area contributed by atoms with Crippen LogP contribution in [0.1, 0.15) is 27.7 Å². The van der Waals surface area contributed by atoms with Gasteiger partial charge < -0.3 is 4.90 Å². The molecule has 2 heterocycles. The lowest BCUT2D eigenvalue weighted by molar-refractivity contribution is 0.0759. The van der Waals surface area contributed by atoms with Gasteiger partial charge in [-0.2, -0.15) is 5.10 Å². The van der Waals surface area contributed by atoms with Gasteiger partial charge in [-0.1, -0.05) is 30.3 Å². The molecule has 0 saturated carbocycles. The third-order valence-corrected chi connectivity index (χ3v) is 6.22. The molecule has 8 heteroatoms. The third-order valence-electron chi connectivity index (χ3n) is 4.10. The van der Waals surface area contributed by atoms with Crippen molar-refractivity contribution in [2.45, 2.75) is 11.7 Å². The van der Waals surface area contributed by atoms with Crippen molar-refractivity contribution in [2.24, 2.45) is 0 Å². The summed E-state index contributed by atoms with van der Waals surface area (Å²) in [5, 5.41) is 5.32. The average molecular weight is 347 g/mol. The van der Waals surface area contributed by atoms with Crippen LogP contribution in [0.25, 0.3) is 0 Å². The van der Waals surface area contributed by atoms with Crippen molar-refractivity contribution in [3.8, 4) is 0 Å². The Labute approximate surface area is 139 Å². The van der Waals surface area contributed by atoms with Gasteiger partial charge in [0.25, 0.3) is 11.5 Å². The Balaban J connectivity index is 1.82. The van der Waals surface area contributed by atoms with Gasteiger partial charge in [0.05, 0.1) is 11.0 Å². The number of hydrogen-bond donors (Lipinski definition) is 1. The maximum absolute atomic E-state index is 12.6. The third kappa shape index (κ3) is 3.38. The lowest BCUT2D eigenvalue weighted by atomic mass is 10.1. The predicted octanol–water partition coefficient (Wildman–Crippen LogP) is 0.772. The fraction of sp³-hybridized carbons (Fsp3) is 0.312. The van der Waals surface area contributed by atoms with Gasteiger partial charge in [0.1, 0.15) is 5.69 Å². The molecular formula is C16H17N3O4S. The first kappa shape index (κ1) is 16.4. The molecule has 1 aliphatic heterocycles. The Morgan fingerprint density at radius 3 is 2.54 bits per heavy atom. The van der Waals surface area contributed by atoms with Crippen molar-refractivity contribution >= 4 is 15.7 Å². The lowest BCUT2D eigenvalue weighted by Crippen LogP contribution is -2.34. The summed E-state index contributed by atoms with van der Waals surface area (Å²) in [6, 6.07) is 11.6. The first-order valence-electron chi connectivity index (χ1n) is 7.59. The number of amides is 1. The van der Waals surface area contributed by atoms with E-state index in [0.29, 0.717) is 13.0 Å². The number of aromatic amines is 1. The summed E-state index contributed by atoms with van der Waals surface area (Å²) in [6.07, 6.45) is 0.335. The second-order valence-electron chi connectivity index (χ2n) is 5.65. The Morgan fingerprint density at radius 2 is 1.88 bits per heavy atom. The van der Waals surface area contributed by atoms with E-state index in [1.165, 1.54) is 17.0 Å². The molecule has 7 nitrogen and oxygen atoms in total. The minimum Gasteiger partial charge on any atom is -0.336 e. The highest BCUT2D eigenvalue weighted by Crippen LogP contribution is 2.29. The number of carbonyl (C=O) groups excluding carboxylic acids is 1. The normalized spacial score (nSPS) is 20.3. The summed E-state index contributed by atoms with van der Waals surface area (Å²) < 4.78 is 25.1. The smallest absolute Gasteiger partial charge is 0.274 e. The molecule has 2 aromatic rings. The molecule has 0 bridgehead atoms. The van der Waals surface area contributed by atoms with Crippen LogP contribution in [0.15, 0.2) is 47.3 Å². The van der Waals surface area contributed by atoms with Gasteiger partial charge >= 0.3 is 0 Å². The molecule has 1 unspecified atom stereocenters. The maximum atomic E-state index is 12.6. The monoisotopic (exact) mass is 347 g/mol. The summed E-state index contributed by atoms with van der Waals surface area (Å²) >= 11 is 0. The van der Waals surface area contributed by atoms with Crippen LogP contribution in [0.5, 0.6) is 0 Å². The Morgan fingerprint density at radius 1 is 1.12 bits per heavy atom. The van der Waals surface area contributed by atoms with Crippen LogP contribution >= 0.6 is 0 Å². The van der Waals surface area contributed by atoms with E-state index in [0.717, 1.165) is 5.56 Å². The molecular weight excluding hydrogens is 330 g/mol. The standard InChI is InChI=1S/C16H17N3O4S/c20-15-7-6-13(17-18-15)16(21)19-9-8-14(24(22,23)11-10-19)12-4-2-1-3-5-12/h1-7,14H,8-11H2,(H,18,20). The molecule has 3 rings (SSSR count). The van der Waals surface area contributed by atoms with Crippen LogP contribution in [-0.4, -0.2) is 48.3 Å². The number of sulfone groups is 1. The number of benzene rings is 1. The second kappa shape index (κ2) is 6.56. The van der Waals surface area contributed by atoms with Gasteiger partial charge in [-0.05, 0) is 18.1 Å². The molecule has 1 aromatic heterocycles. The van der Waals surface area contributed by atoms with E-state index in [9.17, 15) is 18.0 Å². The number of carbonyl (C=O) groups is 1. The molecule has 1 fully saturated rings. The van der Waals surface area contributed by atoms with Crippen LogP contribution in [0.4, 0.5) is 0 Å². The summed E-state index contributed by atoms with van der Waals surface area (Å²) in [6.45, 7) is 0.434. The summed E-state index contributed by atoms with van der Waals surface area (Å²) in [4.78, 5) is 25.0. The van der Waals surface area contributed by atoms with Crippen molar-refractivity contribution < 1.29 is 13.2 Å². The molecule has 126 valence electrons. The number of hydrogen-bond acceptors (Lipinski definition) is 5. The zero-order valence-corrected chi connectivity index (χ0v) is 13.7. The zero-order chi connectivity index (χ0) is 17.2. The maximum Gasteiger partial charge on any atom is 0.274 e. The molecule has 24 heavy (non-hydrogen) atoms. The van der Waals surface area contributed by atoms with E-state index < -0.39 is 20.6 Å². The van der Waals surface area contributed by atoms with Gasteiger partial charge in [0.2, 0.25) is 0 Å². The zero-order valence-electron chi connectivity index (χ0n) is 12.9. The second-order valence-corrected chi connectivity index (χ2v) is 7.96. The molecule has 1 aromatic carbocycles. The van der Waals surface area contributed by atoms with E-state index >= 15 is 0 Å². The average Bonchev–Trinajstić information content (AvgIpc) is 2.74. The van der Waals surface area contributed by atoms with Crippen LogP contribution in [0.3, 0.4) is 0 Å². The van der Waals surface area contributed by atoms with Crippen molar-refractivity contribution in [3.63, 3.8) is 0 Å². The quantitative estimate of drug-likeness (QED) is 0.865. The van der Waals surface area contributed by atoms with Crippen molar-refractivity contribution in [1.29, 1.82) is 0 Å². The fourth-order valence-corrected chi connectivity index (χ4v) is 4.61. The number of rotatable bonds is 2. The highest BCUT2D eigenvalue weighted by atomic mass is 32.2.